The molecule has 0 rings (SSSR count). The molecule has 0 amide bonds. The van der Waals surface area contributed by atoms with Crippen molar-refractivity contribution in [1.29, 1.82) is 0 Å². The number of unbranched alkanes of at least 4 members (excludes halogenated alkanes) is 31. The van der Waals surface area contributed by atoms with Crippen molar-refractivity contribution in [1.82, 2.24) is 0 Å². The van der Waals surface area contributed by atoms with Crippen molar-refractivity contribution in [3.05, 3.63) is 12.2 Å². The molecule has 0 bridgehead atoms. The first-order valence-corrected chi connectivity index (χ1v) is 26.2. The van der Waals surface area contributed by atoms with Crippen LogP contribution in [0.5, 0.6) is 0 Å². The molecule has 4 N–H and O–H groups in total. The highest BCUT2D eigenvalue weighted by atomic mass is 31.2. The molecule has 12 heteroatoms. The zero-order valence-corrected chi connectivity index (χ0v) is 39.5. The molecule has 0 heterocycles. The van der Waals surface area contributed by atoms with E-state index in [1.807, 2.05) is 0 Å². The van der Waals surface area contributed by atoms with Gasteiger partial charge in [-0.3, -0.25) is 23.4 Å². The number of hydrogen-bond donors (Lipinski definition) is 3. The number of hydrogen-bond acceptors (Lipinski definition) is 9. The Balaban J connectivity index is 4.21. The number of phosphoric acid groups is 1. The topological polar surface area (TPSA) is 172 Å². The SMILES string of the molecule is CCCCCCCC/C=C\CCCCCCCC(=O)OC(COC(=O)CCCCCCCCCCCCCCCCCCCCCCC)COP(=O)(O)OCC(N)C(=O)O. The quantitative estimate of drug-likeness (QED) is 0.0230. The Labute approximate surface area is 367 Å². The van der Waals surface area contributed by atoms with Crippen LogP contribution in [0.1, 0.15) is 245 Å². The fourth-order valence-corrected chi connectivity index (χ4v) is 7.90. The van der Waals surface area contributed by atoms with Gasteiger partial charge < -0.3 is 25.2 Å². The Kier molecular flexibility index (Phi) is 42.6. The standard InChI is InChI=1S/C48H92NO10P/c1-3-5-7-9-11-13-15-17-19-20-21-22-23-24-26-27-29-31-33-35-37-39-46(50)56-41-44(42-57-60(54,55)58-43-45(49)48(52)53)59-47(51)40-38-36-34-32-30-28-25-18-16-14-12-10-8-6-4-2/h18,25,44-45H,3-17,19-24,26-43,49H2,1-2H3,(H,52,53)(H,54,55)/b25-18-. The summed E-state index contributed by atoms with van der Waals surface area (Å²) in [6.07, 6.45) is 45.6. The van der Waals surface area contributed by atoms with Gasteiger partial charge in [0.05, 0.1) is 13.2 Å². The second-order valence-electron chi connectivity index (χ2n) is 17.0. The molecule has 0 aromatic heterocycles. The Hall–Kier alpha value is -1.78. The molecule has 11 nitrogen and oxygen atoms in total. The van der Waals surface area contributed by atoms with Crippen LogP contribution >= 0.6 is 7.82 Å². The summed E-state index contributed by atoms with van der Waals surface area (Å²) in [5.41, 5.74) is 5.34. The fourth-order valence-electron chi connectivity index (χ4n) is 7.12. The zero-order valence-electron chi connectivity index (χ0n) is 38.6. The van der Waals surface area contributed by atoms with E-state index in [4.69, 9.17) is 24.8 Å². The smallest absolute Gasteiger partial charge is 0.472 e. The third-order valence-electron chi connectivity index (χ3n) is 11.0. The number of nitrogens with two attached hydrogens (primary N) is 1. The Morgan fingerprint density at radius 2 is 0.833 bits per heavy atom. The minimum Gasteiger partial charge on any atom is -0.480 e. The van der Waals surface area contributed by atoms with Crippen LogP contribution in [0.15, 0.2) is 12.2 Å². The van der Waals surface area contributed by atoms with Gasteiger partial charge in [-0.15, -0.1) is 0 Å². The lowest BCUT2D eigenvalue weighted by Gasteiger charge is -2.20. The van der Waals surface area contributed by atoms with E-state index < -0.39 is 51.1 Å². The number of carboxylic acid groups (broad SMARTS) is 1. The van der Waals surface area contributed by atoms with Crippen LogP contribution in [-0.2, 0) is 37.5 Å². The fraction of sp³-hybridized carbons (Fsp3) is 0.896. The second kappa shape index (κ2) is 43.9. The lowest BCUT2D eigenvalue weighted by Crippen LogP contribution is -2.34. The molecule has 0 spiro atoms. The van der Waals surface area contributed by atoms with Crippen LogP contribution in [0.3, 0.4) is 0 Å². The molecule has 0 saturated heterocycles. The number of aliphatic carboxylic acids is 1. The van der Waals surface area contributed by atoms with Gasteiger partial charge >= 0.3 is 25.7 Å². The van der Waals surface area contributed by atoms with E-state index in [1.54, 1.807) is 0 Å². The summed E-state index contributed by atoms with van der Waals surface area (Å²) in [7, 11) is -4.72. The van der Waals surface area contributed by atoms with Gasteiger partial charge in [-0.2, -0.15) is 0 Å². The maximum Gasteiger partial charge on any atom is 0.472 e. The largest absolute Gasteiger partial charge is 0.480 e. The molecule has 0 radical (unpaired) electrons. The summed E-state index contributed by atoms with van der Waals surface area (Å²) in [4.78, 5) is 46.1. The zero-order chi connectivity index (χ0) is 44.2. The summed E-state index contributed by atoms with van der Waals surface area (Å²) < 4.78 is 32.8. The summed E-state index contributed by atoms with van der Waals surface area (Å²) in [5, 5.41) is 8.91. The van der Waals surface area contributed by atoms with Gasteiger partial charge in [0.2, 0.25) is 0 Å². The van der Waals surface area contributed by atoms with Crippen LogP contribution < -0.4 is 5.73 Å². The Morgan fingerprint density at radius 1 is 0.500 bits per heavy atom. The maximum absolute atomic E-state index is 12.6. The monoisotopic (exact) mass is 874 g/mol. The lowest BCUT2D eigenvalue weighted by molar-refractivity contribution is -0.161. The summed E-state index contributed by atoms with van der Waals surface area (Å²) in [6.45, 7) is 2.83. The van der Waals surface area contributed by atoms with Crippen LogP contribution in [0, 0.1) is 0 Å². The van der Waals surface area contributed by atoms with Crippen molar-refractivity contribution in [2.45, 2.75) is 257 Å². The highest BCUT2D eigenvalue weighted by Gasteiger charge is 2.28. The summed E-state index contributed by atoms with van der Waals surface area (Å²) in [6, 6.07) is -1.52. The number of rotatable bonds is 47. The number of carbonyl (C=O) groups excluding carboxylic acids is 2. The molecule has 3 unspecified atom stereocenters. The van der Waals surface area contributed by atoms with E-state index in [9.17, 15) is 23.8 Å². The third kappa shape index (κ3) is 42.9. The molecule has 3 atom stereocenters. The van der Waals surface area contributed by atoms with Crippen molar-refractivity contribution in [2.75, 3.05) is 19.8 Å². The molecule has 0 fully saturated rings. The summed E-state index contributed by atoms with van der Waals surface area (Å²) in [5.74, 6) is -2.37. The molecular formula is C48H92NO10P. The normalized spacial score (nSPS) is 13.7. The maximum atomic E-state index is 12.6. The number of phosphoric ester groups is 1. The molecule has 0 aliphatic rings. The minimum absolute atomic E-state index is 0.156. The summed E-state index contributed by atoms with van der Waals surface area (Å²) >= 11 is 0. The van der Waals surface area contributed by atoms with E-state index >= 15 is 0 Å². The average Bonchev–Trinajstić information content (AvgIpc) is 3.22. The van der Waals surface area contributed by atoms with E-state index in [0.717, 1.165) is 57.8 Å². The first-order chi connectivity index (χ1) is 29.1. The lowest BCUT2D eigenvalue weighted by atomic mass is 10.0. The number of carbonyl (C=O) groups is 3. The van der Waals surface area contributed by atoms with E-state index in [-0.39, 0.29) is 19.4 Å². The van der Waals surface area contributed by atoms with Gasteiger partial charge in [-0.1, -0.05) is 206 Å². The molecule has 0 aliphatic heterocycles. The number of esters is 2. The number of allylic oxidation sites excluding steroid dienone is 2. The van der Waals surface area contributed by atoms with Crippen LogP contribution in [0.2, 0.25) is 0 Å². The van der Waals surface area contributed by atoms with Crippen LogP contribution in [0.4, 0.5) is 0 Å². The van der Waals surface area contributed by atoms with Crippen molar-refractivity contribution in [3.63, 3.8) is 0 Å². The van der Waals surface area contributed by atoms with Gasteiger partial charge in [-0.25, -0.2) is 4.57 Å². The second-order valence-corrected chi connectivity index (χ2v) is 18.4. The van der Waals surface area contributed by atoms with Crippen molar-refractivity contribution in [2.24, 2.45) is 5.73 Å². The predicted octanol–water partition coefficient (Wildman–Crippen LogP) is 13.6. The average molecular weight is 874 g/mol. The number of ether oxygens (including phenoxy) is 2. The predicted molar refractivity (Wildman–Crippen MR) is 245 cm³/mol. The highest BCUT2D eigenvalue weighted by molar-refractivity contribution is 7.47. The Morgan fingerprint density at radius 3 is 1.22 bits per heavy atom. The van der Waals surface area contributed by atoms with Crippen LogP contribution in [0.25, 0.3) is 0 Å². The molecule has 0 aliphatic carbocycles. The molecule has 0 aromatic rings. The van der Waals surface area contributed by atoms with Crippen molar-refractivity contribution in [3.8, 4) is 0 Å². The van der Waals surface area contributed by atoms with Gasteiger partial charge in [0, 0.05) is 12.8 Å². The molecule has 60 heavy (non-hydrogen) atoms. The van der Waals surface area contributed by atoms with Gasteiger partial charge in [0.1, 0.15) is 12.6 Å². The molecule has 0 saturated carbocycles. The van der Waals surface area contributed by atoms with E-state index in [1.165, 1.54) is 148 Å². The molecule has 0 aromatic carbocycles. The van der Waals surface area contributed by atoms with E-state index in [2.05, 4.69) is 30.5 Å². The highest BCUT2D eigenvalue weighted by Crippen LogP contribution is 2.43. The van der Waals surface area contributed by atoms with Crippen molar-refractivity contribution < 1.29 is 47.5 Å². The van der Waals surface area contributed by atoms with E-state index in [0.29, 0.717) is 12.8 Å². The molecular weight excluding hydrogens is 781 g/mol. The minimum atomic E-state index is -4.72. The van der Waals surface area contributed by atoms with Gasteiger partial charge in [-0.05, 0) is 38.5 Å². The van der Waals surface area contributed by atoms with Crippen LogP contribution in [-0.4, -0.2) is 59.9 Å². The first-order valence-electron chi connectivity index (χ1n) is 24.7. The van der Waals surface area contributed by atoms with Gasteiger partial charge in [0.25, 0.3) is 0 Å². The Bertz CT molecular complexity index is 1070. The molecule has 354 valence electrons. The van der Waals surface area contributed by atoms with Crippen molar-refractivity contribution >= 4 is 25.7 Å². The number of carboxylic acids is 1. The third-order valence-corrected chi connectivity index (χ3v) is 12.0. The first kappa shape index (κ1) is 58.2. The van der Waals surface area contributed by atoms with Gasteiger partial charge in [0.15, 0.2) is 6.10 Å².